The lowest BCUT2D eigenvalue weighted by atomic mass is 9.96. The predicted molar refractivity (Wildman–Crippen MR) is 129 cm³/mol. The number of carbonyl (C=O) groups excluding carboxylic acids is 1. The van der Waals surface area contributed by atoms with Crippen molar-refractivity contribution in [3.05, 3.63) is 76.6 Å². The molecule has 1 amide bonds. The first-order valence-corrected chi connectivity index (χ1v) is 13.0. The zero-order valence-electron chi connectivity index (χ0n) is 18.6. The van der Waals surface area contributed by atoms with Crippen LogP contribution in [0.25, 0.3) is 0 Å². The molecule has 180 valence electrons. The topological polar surface area (TPSA) is 123 Å². The number of likely N-dealkylation sites (tertiary alicyclic amines) is 1. The summed E-state index contributed by atoms with van der Waals surface area (Å²) < 4.78 is 22.7. The van der Waals surface area contributed by atoms with Crippen LogP contribution in [0.1, 0.15) is 34.5 Å². The standard InChI is InChI=1S/C23H27ClN6O3S/c24-21-4-2-1-3-19(21)16-29-11-9-17(10-12-29)13-26-23(31)22-14-27-30(28-22)15-18-5-7-20(8-6-18)34(25,32)33/h1-8,14,17H,9-13,15-16H2,(H,26,31)(H2,25,32,33). The minimum Gasteiger partial charge on any atom is -0.350 e. The van der Waals surface area contributed by atoms with E-state index in [4.69, 9.17) is 16.7 Å². The SMILES string of the molecule is NS(=O)(=O)c1ccc(Cn2ncc(C(=O)NCC3CCN(Cc4ccccc4Cl)CC3)n2)cc1. The summed E-state index contributed by atoms with van der Waals surface area (Å²) in [6, 6.07) is 14.1. The van der Waals surface area contributed by atoms with Crippen LogP contribution in [0.2, 0.25) is 5.02 Å². The van der Waals surface area contributed by atoms with E-state index in [1.165, 1.54) is 23.1 Å². The lowest BCUT2D eigenvalue weighted by molar-refractivity contribution is 0.0929. The number of aromatic nitrogens is 3. The fourth-order valence-corrected chi connectivity index (χ4v) is 4.68. The molecule has 0 bridgehead atoms. The molecule has 3 N–H and O–H groups in total. The zero-order chi connectivity index (χ0) is 24.1. The van der Waals surface area contributed by atoms with Crippen LogP contribution in [0.5, 0.6) is 0 Å². The monoisotopic (exact) mass is 502 g/mol. The third-order valence-electron chi connectivity index (χ3n) is 5.96. The summed E-state index contributed by atoms with van der Waals surface area (Å²) >= 11 is 6.27. The molecular formula is C23H27ClN6O3S. The maximum Gasteiger partial charge on any atom is 0.273 e. The highest BCUT2D eigenvalue weighted by atomic mass is 35.5. The Bertz CT molecular complexity index is 1240. The number of piperidine rings is 1. The normalized spacial score (nSPS) is 15.4. The van der Waals surface area contributed by atoms with Crippen LogP contribution < -0.4 is 10.5 Å². The van der Waals surface area contributed by atoms with E-state index in [-0.39, 0.29) is 16.5 Å². The number of benzene rings is 2. The minimum atomic E-state index is -3.73. The number of sulfonamides is 1. The molecule has 1 aromatic heterocycles. The van der Waals surface area contributed by atoms with Gasteiger partial charge in [-0.1, -0.05) is 41.9 Å². The number of nitrogens with two attached hydrogens (primary N) is 1. The van der Waals surface area contributed by atoms with Gasteiger partial charge in [-0.3, -0.25) is 9.69 Å². The Labute approximate surface area is 203 Å². The van der Waals surface area contributed by atoms with Crippen LogP contribution in [-0.4, -0.2) is 53.9 Å². The van der Waals surface area contributed by atoms with Crippen molar-refractivity contribution < 1.29 is 13.2 Å². The van der Waals surface area contributed by atoms with Crippen molar-refractivity contribution in [3.63, 3.8) is 0 Å². The molecule has 2 heterocycles. The molecule has 1 saturated heterocycles. The highest BCUT2D eigenvalue weighted by molar-refractivity contribution is 7.89. The summed E-state index contributed by atoms with van der Waals surface area (Å²) in [6.07, 6.45) is 3.44. The van der Waals surface area contributed by atoms with E-state index in [2.05, 4.69) is 26.5 Å². The number of hydrogen-bond donors (Lipinski definition) is 2. The first-order chi connectivity index (χ1) is 16.3. The number of hydrogen-bond acceptors (Lipinski definition) is 6. The molecule has 34 heavy (non-hydrogen) atoms. The van der Waals surface area contributed by atoms with Crippen LogP contribution in [0.3, 0.4) is 0 Å². The van der Waals surface area contributed by atoms with Crippen LogP contribution in [0.4, 0.5) is 0 Å². The van der Waals surface area contributed by atoms with E-state index in [0.29, 0.717) is 19.0 Å². The maximum atomic E-state index is 12.5. The van der Waals surface area contributed by atoms with E-state index in [1.807, 2.05) is 18.2 Å². The van der Waals surface area contributed by atoms with Crippen molar-refractivity contribution in [2.75, 3.05) is 19.6 Å². The van der Waals surface area contributed by atoms with Crippen molar-refractivity contribution in [3.8, 4) is 0 Å². The molecule has 1 aliphatic rings. The molecular weight excluding hydrogens is 476 g/mol. The molecule has 1 aliphatic heterocycles. The summed E-state index contributed by atoms with van der Waals surface area (Å²) in [5.41, 5.74) is 2.18. The lowest BCUT2D eigenvalue weighted by Crippen LogP contribution is -2.38. The highest BCUT2D eigenvalue weighted by Crippen LogP contribution is 2.22. The van der Waals surface area contributed by atoms with E-state index in [1.54, 1.807) is 12.1 Å². The van der Waals surface area contributed by atoms with Crippen molar-refractivity contribution in [1.29, 1.82) is 0 Å². The van der Waals surface area contributed by atoms with Gasteiger partial charge >= 0.3 is 0 Å². The Morgan fingerprint density at radius 2 is 1.79 bits per heavy atom. The van der Waals surface area contributed by atoms with Gasteiger partial charge in [-0.2, -0.15) is 9.90 Å². The number of rotatable bonds is 8. The van der Waals surface area contributed by atoms with Crippen molar-refractivity contribution in [2.24, 2.45) is 11.1 Å². The Kier molecular flexibility index (Phi) is 7.62. The van der Waals surface area contributed by atoms with E-state index in [9.17, 15) is 13.2 Å². The Morgan fingerprint density at radius 1 is 1.09 bits per heavy atom. The smallest absolute Gasteiger partial charge is 0.273 e. The first-order valence-electron chi connectivity index (χ1n) is 11.0. The number of halogens is 1. The molecule has 9 nitrogen and oxygen atoms in total. The van der Waals surface area contributed by atoms with Gasteiger partial charge in [0.15, 0.2) is 5.69 Å². The molecule has 0 spiro atoms. The number of carbonyl (C=O) groups is 1. The number of primary sulfonamides is 1. The summed E-state index contributed by atoms with van der Waals surface area (Å²) in [5, 5.41) is 17.3. The third-order valence-corrected chi connectivity index (χ3v) is 7.25. The van der Waals surface area contributed by atoms with E-state index in [0.717, 1.165) is 48.6 Å². The van der Waals surface area contributed by atoms with Gasteiger partial charge < -0.3 is 5.32 Å². The number of nitrogens with zero attached hydrogens (tertiary/aromatic N) is 4. The van der Waals surface area contributed by atoms with E-state index >= 15 is 0 Å². The fraction of sp³-hybridized carbons (Fsp3) is 0.348. The number of amides is 1. The lowest BCUT2D eigenvalue weighted by Gasteiger charge is -2.32. The van der Waals surface area contributed by atoms with Gasteiger partial charge in [0.2, 0.25) is 10.0 Å². The minimum absolute atomic E-state index is 0.0411. The number of nitrogens with one attached hydrogen (secondary N) is 1. The molecule has 3 aromatic rings. The summed E-state index contributed by atoms with van der Waals surface area (Å²) in [4.78, 5) is 16.3. The fourth-order valence-electron chi connectivity index (χ4n) is 3.97. The average molecular weight is 503 g/mol. The molecule has 0 radical (unpaired) electrons. The molecule has 0 aliphatic carbocycles. The van der Waals surface area contributed by atoms with Crippen molar-refractivity contribution in [2.45, 2.75) is 30.8 Å². The molecule has 11 heteroatoms. The van der Waals surface area contributed by atoms with Crippen molar-refractivity contribution in [1.82, 2.24) is 25.2 Å². The zero-order valence-corrected chi connectivity index (χ0v) is 20.2. The second kappa shape index (κ2) is 10.6. The van der Waals surface area contributed by atoms with Crippen LogP contribution in [0.15, 0.2) is 59.6 Å². The third kappa shape index (κ3) is 6.41. The second-order valence-corrected chi connectivity index (χ2v) is 10.4. The van der Waals surface area contributed by atoms with Crippen LogP contribution in [0, 0.1) is 5.92 Å². The van der Waals surface area contributed by atoms with Gasteiger partial charge in [-0.05, 0) is 61.2 Å². The highest BCUT2D eigenvalue weighted by Gasteiger charge is 2.21. The maximum absolute atomic E-state index is 12.5. The Hall–Kier alpha value is -2.79. The van der Waals surface area contributed by atoms with Crippen LogP contribution >= 0.6 is 11.6 Å². The molecule has 2 aromatic carbocycles. The summed E-state index contributed by atoms with van der Waals surface area (Å²) in [5.74, 6) is 0.160. The average Bonchev–Trinajstić information content (AvgIpc) is 3.28. The van der Waals surface area contributed by atoms with Gasteiger partial charge in [-0.15, -0.1) is 5.10 Å². The second-order valence-electron chi connectivity index (χ2n) is 8.47. The Balaban J connectivity index is 1.22. The molecule has 4 rings (SSSR count). The summed E-state index contributed by atoms with van der Waals surface area (Å²) in [6.45, 7) is 3.67. The van der Waals surface area contributed by atoms with Crippen molar-refractivity contribution >= 4 is 27.5 Å². The molecule has 0 unspecified atom stereocenters. The molecule has 1 fully saturated rings. The Morgan fingerprint density at radius 3 is 2.47 bits per heavy atom. The van der Waals surface area contributed by atoms with Gasteiger partial charge in [0.05, 0.1) is 17.6 Å². The van der Waals surface area contributed by atoms with Crippen LogP contribution in [-0.2, 0) is 23.1 Å². The molecule has 0 atom stereocenters. The van der Waals surface area contributed by atoms with E-state index < -0.39 is 10.0 Å². The van der Waals surface area contributed by atoms with Gasteiger partial charge in [0.1, 0.15) is 0 Å². The largest absolute Gasteiger partial charge is 0.350 e. The quantitative estimate of drug-likeness (QED) is 0.487. The molecule has 0 saturated carbocycles. The van der Waals surface area contributed by atoms with Gasteiger partial charge in [0.25, 0.3) is 5.91 Å². The van der Waals surface area contributed by atoms with Gasteiger partial charge in [-0.25, -0.2) is 13.6 Å². The van der Waals surface area contributed by atoms with Gasteiger partial charge in [0, 0.05) is 18.1 Å². The summed E-state index contributed by atoms with van der Waals surface area (Å²) in [7, 11) is -3.73. The first kappa shape index (κ1) is 24.3. The predicted octanol–water partition coefficient (Wildman–Crippen LogP) is 2.27.